The summed E-state index contributed by atoms with van der Waals surface area (Å²) in [4.78, 5) is 34.3. The van der Waals surface area contributed by atoms with E-state index < -0.39 is 0 Å². The number of rotatable bonds is 8. The van der Waals surface area contributed by atoms with Crippen LogP contribution < -0.4 is 5.56 Å². The minimum Gasteiger partial charge on any atom is -0.342 e. The third-order valence-electron chi connectivity index (χ3n) is 6.79. The highest BCUT2D eigenvalue weighted by molar-refractivity contribution is 5.76. The first-order chi connectivity index (χ1) is 16.4. The first-order valence-electron chi connectivity index (χ1n) is 12.1. The second-order valence-corrected chi connectivity index (χ2v) is 9.51. The maximum atomic E-state index is 13.2. The minimum atomic E-state index is -0.111. The fraction of sp³-hybridized carbons (Fsp3) is 0.444. The first kappa shape index (κ1) is 24.0. The third kappa shape index (κ3) is 5.30. The molecule has 3 heterocycles. The number of likely N-dealkylation sites (tertiary alicyclic amines) is 1. The topological polar surface area (TPSA) is 73.7 Å². The number of nitrogens with one attached hydrogen (secondary N) is 1. The van der Waals surface area contributed by atoms with Crippen molar-refractivity contribution < 1.29 is 4.79 Å². The van der Waals surface area contributed by atoms with E-state index in [-0.39, 0.29) is 17.9 Å². The summed E-state index contributed by atoms with van der Waals surface area (Å²) in [6, 6.07) is 10.7. The monoisotopic (exact) mass is 461 g/mol. The van der Waals surface area contributed by atoms with E-state index in [9.17, 15) is 9.59 Å². The normalized spacial score (nSPS) is 16.6. The second-order valence-electron chi connectivity index (χ2n) is 9.51. The van der Waals surface area contributed by atoms with E-state index in [2.05, 4.69) is 52.8 Å². The molecule has 2 aromatic heterocycles. The van der Waals surface area contributed by atoms with Crippen LogP contribution in [0.15, 0.2) is 47.8 Å². The van der Waals surface area contributed by atoms with Gasteiger partial charge >= 0.3 is 0 Å². The van der Waals surface area contributed by atoms with Gasteiger partial charge in [-0.05, 0) is 45.2 Å². The largest absolute Gasteiger partial charge is 0.342 e. The van der Waals surface area contributed by atoms with Crippen LogP contribution in [0.3, 0.4) is 0 Å². The van der Waals surface area contributed by atoms with Crippen molar-refractivity contribution >= 4 is 11.6 Å². The lowest BCUT2D eigenvalue weighted by Crippen LogP contribution is -2.34. The molecule has 1 fully saturated rings. The second kappa shape index (κ2) is 10.4. The minimum absolute atomic E-state index is 0.00752. The van der Waals surface area contributed by atoms with Crippen molar-refractivity contribution in [2.75, 3.05) is 26.7 Å². The molecule has 1 aliphatic rings. The number of amides is 1. The number of benzene rings is 1. The Kier molecular flexibility index (Phi) is 7.32. The lowest BCUT2D eigenvalue weighted by Gasteiger charge is -2.32. The predicted octanol–water partition coefficient (Wildman–Crippen LogP) is 3.60. The van der Waals surface area contributed by atoms with Crippen LogP contribution in [0.1, 0.15) is 53.3 Å². The molecule has 3 aromatic rings. The highest BCUT2D eigenvalue weighted by Gasteiger charge is 2.24. The van der Waals surface area contributed by atoms with E-state index in [1.54, 1.807) is 22.5 Å². The molecule has 4 rings (SSSR count). The molecule has 1 aromatic carbocycles. The zero-order valence-corrected chi connectivity index (χ0v) is 20.5. The van der Waals surface area contributed by atoms with E-state index in [0.29, 0.717) is 35.8 Å². The highest BCUT2D eigenvalue weighted by atomic mass is 16.2. The summed E-state index contributed by atoms with van der Waals surface area (Å²) in [5.74, 6) is 0.324. The SMILES string of the molecule is C=CCN(C)C(=O)CCc1c(C)nc2cc([C@@H]3CCCN(Cc4cccc(C)c4)C3)[nH]n2c1=O. The summed E-state index contributed by atoms with van der Waals surface area (Å²) in [7, 11) is 1.74. The number of aromatic nitrogens is 3. The number of hydrogen-bond acceptors (Lipinski definition) is 4. The molecule has 0 bridgehead atoms. The van der Waals surface area contributed by atoms with Crippen LogP contribution in [0.4, 0.5) is 0 Å². The third-order valence-corrected chi connectivity index (χ3v) is 6.79. The molecule has 0 aliphatic carbocycles. The Morgan fingerprint density at radius 3 is 2.91 bits per heavy atom. The number of piperidine rings is 1. The lowest BCUT2D eigenvalue weighted by atomic mass is 9.94. The number of carbonyl (C=O) groups excluding carboxylic acids is 1. The van der Waals surface area contributed by atoms with Gasteiger partial charge in [-0.2, -0.15) is 0 Å². The van der Waals surface area contributed by atoms with E-state index >= 15 is 0 Å². The zero-order valence-electron chi connectivity index (χ0n) is 20.5. The summed E-state index contributed by atoms with van der Waals surface area (Å²) in [5.41, 5.74) is 5.50. The average Bonchev–Trinajstić information content (AvgIpc) is 3.23. The van der Waals surface area contributed by atoms with Crippen LogP contribution in [0.5, 0.6) is 0 Å². The quantitative estimate of drug-likeness (QED) is 0.520. The average molecular weight is 462 g/mol. The first-order valence-corrected chi connectivity index (χ1v) is 12.1. The molecule has 34 heavy (non-hydrogen) atoms. The van der Waals surface area contributed by atoms with Gasteiger partial charge in [0.15, 0.2) is 5.65 Å². The molecule has 0 unspecified atom stereocenters. The molecule has 0 spiro atoms. The highest BCUT2D eigenvalue weighted by Crippen LogP contribution is 2.27. The number of hydrogen-bond donors (Lipinski definition) is 1. The number of nitrogens with zero attached hydrogens (tertiary/aromatic N) is 4. The van der Waals surface area contributed by atoms with Gasteiger partial charge < -0.3 is 4.90 Å². The van der Waals surface area contributed by atoms with Gasteiger partial charge in [-0.15, -0.1) is 6.58 Å². The zero-order chi connectivity index (χ0) is 24.2. The number of aryl methyl sites for hydroxylation is 2. The molecule has 1 aliphatic heterocycles. The maximum Gasteiger partial charge on any atom is 0.276 e. The van der Waals surface area contributed by atoms with Gasteiger partial charge in [-0.25, -0.2) is 9.50 Å². The Hall–Kier alpha value is -3.19. The summed E-state index contributed by atoms with van der Waals surface area (Å²) in [5, 5.41) is 3.33. The Labute approximate surface area is 201 Å². The van der Waals surface area contributed by atoms with Gasteiger partial charge in [-0.3, -0.25) is 19.6 Å². The van der Waals surface area contributed by atoms with Crippen molar-refractivity contribution in [2.45, 2.75) is 52.0 Å². The lowest BCUT2D eigenvalue weighted by molar-refractivity contribution is -0.129. The fourth-order valence-corrected chi connectivity index (χ4v) is 4.93. The van der Waals surface area contributed by atoms with Crippen molar-refractivity contribution in [3.8, 4) is 0 Å². The standard InChI is InChI=1S/C27H35N5O2/c1-5-13-30(4)26(33)12-11-23-20(3)28-25-16-24(29-32(25)27(23)34)22-10-7-14-31(18-22)17-21-9-6-8-19(2)15-21/h5-6,8-9,15-16,22,29H,1,7,10-14,17-18H2,2-4H3/t22-/m1/s1. The summed E-state index contributed by atoms with van der Waals surface area (Å²) in [6.07, 6.45) is 4.56. The molecule has 7 heteroatoms. The smallest absolute Gasteiger partial charge is 0.276 e. The molecule has 0 radical (unpaired) electrons. The number of aromatic amines is 1. The molecule has 0 saturated carbocycles. The van der Waals surface area contributed by atoms with Gasteiger partial charge in [-0.1, -0.05) is 35.9 Å². The molecule has 1 N–H and O–H groups in total. The van der Waals surface area contributed by atoms with Gasteiger partial charge in [0.2, 0.25) is 5.91 Å². The Morgan fingerprint density at radius 2 is 2.15 bits per heavy atom. The van der Waals surface area contributed by atoms with E-state index in [0.717, 1.165) is 38.2 Å². The fourth-order valence-electron chi connectivity index (χ4n) is 4.93. The Morgan fingerprint density at radius 1 is 1.32 bits per heavy atom. The summed E-state index contributed by atoms with van der Waals surface area (Å²) >= 11 is 0. The molecule has 1 amide bonds. The Balaban J connectivity index is 1.50. The summed E-state index contributed by atoms with van der Waals surface area (Å²) < 4.78 is 1.55. The van der Waals surface area contributed by atoms with Gasteiger partial charge in [0.1, 0.15) is 0 Å². The Bertz CT molecular complexity index is 1240. The van der Waals surface area contributed by atoms with Crippen LogP contribution in [-0.2, 0) is 17.8 Å². The van der Waals surface area contributed by atoms with Gasteiger partial charge in [0.25, 0.3) is 5.56 Å². The van der Waals surface area contributed by atoms with Crippen LogP contribution >= 0.6 is 0 Å². The molecular formula is C27H35N5O2. The maximum absolute atomic E-state index is 13.2. The molecular weight excluding hydrogens is 426 g/mol. The predicted molar refractivity (Wildman–Crippen MR) is 135 cm³/mol. The van der Waals surface area contributed by atoms with E-state index in [1.807, 2.05) is 13.0 Å². The van der Waals surface area contributed by atoms with Crippen molar-refractivity contribution in [3.05, 3.63) is 81.4 Å². The molecule has 1 atom stereocenters. The van der Waals surface area contributed by atoms with Crippen LogP contribution in [0.25, 0.3) is 5.65 Å². The van der Waals surface area contributed by atoms with Crippen molar-refractivity contribution in [1.29, 1.82) is 0 Å². The number of likely N-dealkylation sites (N-methyl/N-ethyl adjacent to an activating group) is 1. The van der Waals surface area contributed by atoms with Crippen molar-refractivity contribution in [3.63, 3.8) is 0 Å². The van der Waals surface area contributed by atoms with E-state index in [1.165, 1.54) is 11.1 Å². The number of H-pyrrole nitrogens is 1. The van der Waals surface area contributed by atoms with E-state index in [4.69, 9.17) is 0 Å². The van der Waals surface area contributed by atoms with Crippen molar-refractivity contribution in [1.82, 2.24) is 24.4 Å². The number of carbonyl (C=O) groups is 1. The van der Waals surface area contributed by atoms with Gasteiger partial charge in [0, 0.05) is 62.0 Å². The summed E-state index contributed by atoms with van der Waals surface area (Å²) in [6.45, 7) is 11.1. The van der Waals surface area contributed by atoms with Crippen LogP contribution in [0, 0.1) is 13.8 Å². The molecule has 180 valence electrons. The van der Waals surface area contributed by atoms with Gasteiger partial charge in [0.05, 0.1) is 0 Å². The molecule has 1 saturated heterocycles. The molecule has 7 nitrogen and oxygen atoms in total. The van der Waals surface area contributed by atoms with Crippen LogP contribution in [-0.4, -0.2) is 57.0 Å². The van der Waals surface area contributed by atoms with Crippen LogP contribution in [0.2, 0.25) is 0 Å². The number of fused-ring (bicyclic) bond motifs is 1. The van der Waals surface area contributed by atoms with Crippen molar-refractivity contribution in [2.24, 2.45) is 0 Å².